The highest BCUT2D eigenvalue weighted by molar-refractivity contribution is 6.06. The Labute approximate surface area is 188 Å². The predicted octanol–water partition coefficient (Wildman–Crippen LogP) is 4.95. The van der Waals surface area contributed by atoms with E-state index in [0.717, 1.165) is 25.2 Å². The van der Waals surface area contributed by atoms with Crippen molar-refractivity contribution in [2.75, 3.05) is 31.7 Å². The maximum absolute atomic E-state index is 12.9. The molecule has 1 N–H and O–H groups in total. The Morgan fingerprint density at radius 2 is 1.66 bits per heavy atom. The van der Waals surface area contributed by atoms with E-state index in [0.29, 0.717) is 42.6 Å². The van der Waals surface area contributed by atoms with Gasteiger partial charge in [-0.05, 0) is 49.2 Å². The van der Waals surface area contributed by atoms with Crippen molar-refractivity contribution in [1.29, 1.82) is 0 Å². The van der Waals surface area contributed by atoms with E-state index in [9.17, 15) is 4.79 Å². The van der Waals surface area contributed by atoms with Gasteiger partial charge in [-0.3, -0.25) is 4.79 Å². The zero-order chi connectivity index (χ0) is 22.0. The van der Waals surface area contributed by atoms with Crippen LogP contribution in [0.4, 0.5) is 5.69 Å². The van der Waals surface area contributed by atoms with Gasteiger partial charge in [-0.2, -0.15) is 0 Å². The van der Waals surface area contributed by atoms with Gasteiger partial charge >= 0.3 is 0 Å². The van der Waals surface area contributed by atoms with Gasteiger partial charge in [0.05, 0.1) is 11.7 Å². The standard InChI is InChI=1S/C26H27NO5/c28-26(27-20-8-6-11-22(18-20)32-19-23-12-7-15-29-23)24-13-4-5-14-25(24)31-17-16-30-21-9-2-1-3-10-21/h1-6,8-11,13-14,18,23H,7,12,15-17,19H2,(H,27,28). The summed E-state index contributed by atoms with van der Waals surface area (Å²) in [6.07, 6.45) is 2.23. The molecular formula is C26H27NO5. The summed E-state index contributed by atoms with van der Waals surface area (Å²) < 4.78 is 22.9. The van der Waals surface area contributed by atoms with Crippen LogP contribution in [-0.2, 0) is 4.74 Å². The molecule has 1 fully saturated rings. The van der Waals surface area contributed by atoms with Crippen molar-refractivity contribution >= 4 is 11.6 Å². The van der Waals surface area contributed by atoms with Crippen molar-refractivity contribution in [3.05, 3.63) is 84.4 Å². The maximum atomic E-state index is 12.9. The Balaban J connectivity index is 1.31. The van der Waals surface area contributed by atoms with Crippen LogP contribution in [0.1, 0.15) is 23.2 Å². The number of benzene rings is 3. The normalized spacial score (nSPS) is 15.2. The molecule has 1 saturated heterocycles. The second-order valence-corrected chi connectivity index (χ2v) is 7.43. The van der Waals surface area contributed by atoms with Crippen molar-refractivity contribution in [3.8, 4) is 17.2 Å². The van der Waals surface area contributed by atoms with Gasteiger partial charge < -0.3 is 24.3 Å². The highest BCUT2D eigenvalue weighted by atomic mass is 16.5. The van der Waals surface area contributed by atoms with Crippen LogP contribution in [0.25, 0.3) is 0 Å². The van der Waals surface area contributed by atoms with E-state index in [1.54, 1.807) is 12.1 Å². The number of amides is 1. The molecule has 0 aromatic heterocycles. The third-order valence-corrected chi connectivity index (χ3v) is 5.04. The van der Waals surface area contributed by atoms with Gasteiger partial charge in [0.25, 0.3) is 5.91 Å². The summed E-state index contributed by atoms with van der Waals surface area (Å²) in [5.74, 6) is 1.73. The molecule has 166 valence electrons. The van der Waals surface area contributed by atoms with E-state index in [4.69, 9.17) is 18.9 Å². The van der Waals surface area contributed by atoms with Crippen molar-refractivity contribution in [2.24, 2.45) is 0 Å². The second kappa shape index (κ2) is 11.2. The summed E-state index contributed by atoms with van der Waals surface area (Å²) in [6, 6.07) is 24.1. The van der Waals surface area contributed by atoms with E-state index in [1.165, 1.54) is 0 Å². The average Bonchev–Trinajstić information content (AvgIpc) is 3.35. The molecule has 0 saturated carbocycles. The van der Waals surface area contributed by atoms with Crippen LogP contribution in [0.5, 0.6) is 17.2 Å². The fourth-order valence-electron chi connectivity index (χ4n) is 3.43. The zero-order valence-electron chi connectivity index (χ0n) is 17.9. The highest BCUT2D eigenvalue weighted by Crippen LogP contribution is 2.23. The lowest BCUT2D eigenvalue weighted by Crippen LogP contribution is -2.17. The van der Waals surface area contributed by atoms with Gasteiger partial charge in [0.15, 0.2) is 0 Å². The van der Waals surface area contributed by atoms with Gasteiger partial charge in [0, 0.05) is 18.4 Å². The number of ether oxygens (including phenoxy) is 4. The number of rotatable bonds is 10. The summed E-state index contributed by atoms with van der Waals surface area (Å²) in [5, 5.41) is 2.92. The summed E-state index contributed by atoms with van der Waals surface area (Å²) in [7, 11) is 0. The number of carbonyl (C=O) groups is 1. The van der Waals surface area contributed by atoms with Crippen molar-refractivity contribution < 1.29 is 23.7 Å². The first kappa shape index (κ1) is 21.7. The molecular weight excluding hydrogens is 406 g/mol. The molecule has 1 aliphatic rings. The van der Waals surface area contributed by atoms with Crippen LogP contribution in [0.15, 0.2) is 78.9 Å². The van der Waals surface area contributed by atoms with Crippen molar-refractivity contribution in [3.63, 3.8) is 0 Å². The molecule has 3 aromatic rings. The molecule has 6 nitrogen and oxygen atoms in total. The van der Waals surface area contributed by atoms with Crippen LogP contribution < -0.4 is 19.5 Å². The number of anilines is 1. The molecule has 1 unspecified atom stereocenters. The van der Waals surface area contributed by atoms with Crippen molar-refractivity contribution in [2.45, 2.75) is 18.9 Å². The Hall–Kier alpha value is -3.51. The lowest BCUT2D eigenvalue weighted by molar-refractivity contribution is 0.0680. The SMILES string of the molecule is O=C(Nc1cccc(OCC2CCCO2)c1)c1ccccc1OCCOc1ccccc1. The van der Waals surface area contributed by atoms with Crippen LogP contribution in [0.2, 0.25) is 0 Å². The first-order valence-electron chi connectivity index (χ1n) is 10.8. The fourth-order valence-corrected chi connectivity index (χ4v) is 3.43. The predicted molar refractivity (Wildman–Crippen MR) is 123 cm³/mol. The van der Waals surface area contributed by atoms with E-state index >= 15 is 0 Å². The lowest BCUT2D eigenvalue weighted by atomic mass is 10.2. The molecule has 0 aliphatic carbocycles. The van der Waals surface area contributed by atoms with E-state index in [-0.39, 0.29) is 12.0 Å². The molecule has 1 heterocycles. The summed E-state index contributed by atoms with van der Waals surface area (Å²) in [6.45, 7) is 2.01. The van der Waals surface area contributed by atoms with Gasteiger partial charge in [-0.25, -0.2) is 0 Å². The summed E-state index contributed by atoms with van der Waals surface area (Å²) in [4.78, 5) is 12.9. The summed E-state index contributed by atoms with van der Waals surface area (Å²) in [5.41, 5.74) is 1.11. The third kappa shape index (κ3) is 6.25. The number of nitrogens with one attached hydrogen (secondary N) is 1. The number of hydrogen-bond donors (Lipinski definition) is 1. The zero-order valence-corrected chi connectivity index (χ0v) is 17.9. The van der Waals surface area contributed by atoms with Gasteiger partial charge in [0.2, 0.25) is 0 Å². The molecule has 3 aromatic carbocycles. The van der Waals surface area contributed by atoms with Crippen LogP contribution in [-0.4, -0.2) is 38.4 Å². The van der Waals surface area contributed by atoms with E-state index in [2.05, 4.69) is 5.32 Å². The molecule has 32 heavy (non-hydrogen) atoms. The monoisotopic (exact) mass is 433 g/mol. The topological polar surface area (TPSA) is 66.0 Å². The van der Waals surface area contributed by atoms with Gasteiger partial charge in [0.1, 0.15) is 37.1 Å². The summed E-state index contributed by atoms with van der Waals surface area (Å²) >= 11 is 0. The van der Waals surface area contributed by atoms with Crippen LogP contribution >= 0.6 is 0 Å². The molecule has 0 radical (unpaired) electrons. The van der Waals surface area contributed by atoms with Gasteiger partial charge in [-0.15, -0.1) is 0 Å². The number of carbonyl (C=O) groups excluding carboxylic acids is 1. The van der Waals surface area contributed by atoms with E-state index < -0.39 is 0 Å². The molecule has 6 heteroatoms. The molecule has 0 bridgehead atoms. The third-order valence-electron chi connectivity index (χ3n) is 5.04. The second-order valence-electron chi connectivity index (χ2n) is 7.43. The van der Waals surface area contributed by atoms with Crippen LogP contribution in [0, 0.1) is 0 Å². The molecule has 4 rings (SSSR count). The fraction of sp³-hybridized carbons (Fsp3) is 0.269. The van der Waals surface area contributed by atoms with E-state index in [1.807, 2.05) is 66.7 Å². The Morgan fingerprint density at radius 3 is 2.50 bits per heavy atom. The lowest BCUT2D eigenvalue weighted by Gasteiger charge is -2.14. The number of para-hydroxylation sites is 2. The highest BCUT2D eigenvalue weighted by Gasteiger charge is 2.16. The van der Waals surface area contributed by atoms with Crippen LogP contribution in [0.3, 0.4) is 0 Å². The number of hydrogen-bond acceptors (Lipinski definition) is 5. The molecule has 1 atom stereocenters. The maximum Gasteiger partial charge on any atom is 0.259 e. The average molecular weight is 434 g/mol. The minimum Gasteiger partial charge on any atom is -0.491 e. The Morgan fingerprint density at radius 1 is 0.875 bits per heavy atom. The molecule has 0 spiro atoms. The smallest absolute Gasteiger partial charge is 0.259 e. The molecule has 1 aliphatic heterocycles. The minimum atomic E-state index is -0.249. The molecule has 1 amide bonds. The first-order chi connectivity index (χ1) is 15.8. The van der Waals surface area contributed by atoms with Crippen molar-refractivity contribution in [1.82, 2.24) is 0 Å². The van der Waals surface area contributed by atoms with Gasteiger partial charge in [-0.1, -0.05) is 36.4 Å². The Bertz CT molecular complexity index is 1000. The first-order valence-corrected chi connectivity index (χ1v) is 10.8. The minimum absolute atomic E-state index is 0.142. The Kier molecular flexibility index (Phi) is 7.60. The largest absolute Gasteiger partial charge is 0.491 e. The quantitative estimate of drug-likeness (QED) is 0.458.